The molecule has 0 unspecified atom stereocenters. The smallest absolute Gasteiger partial charge is 0.242 e. The molecule has 1 N–H and O–H groups in total. The summed E-state index contributed by atoms with van der Waals surface area (Å²) in [7, 11) is 4.00. The fourth-order valence-electron chi connectivity index (χ4n) is 1.78. The predicted molar refractivity (Wildman–Crippen MR) is 61.2 cm³/mol. The quantitative estimate of drug-likeness (QED) is 0.699. The molecule has 0 bridgehead atoms. The van der Waals surface area contributed by atoms with Gasteiger partial charge in [-0.05, 0) is 17.5 Å². The van der Waals surface area contributed by atoms with Crippen LogP contribution in [0, 0.1) is 0 Å². The van der Waals surface area contributed by atoms with Crippen molar-refractivity contribution in [1.29, 1.82) is 0 Å². The van der Waals surface area contributed by atoms with Crippen LogP contribution < -0.4 is 5.32 Å². The molecule has 0 atom stereocenters. The lowest BCUT2D eigenvalue weighted by Gasteiger charge is -2.32. The maximum absolute atomic E-state index is 3.87. The maximum atomic E-state index is 3.87. The Kier molecular flexibility index (Phi) is 3.68. The minimum absolute atomic E-state index is 0.731. The van der Waals surface area contributed by atoms with Crippen molar-refractivity contribution in [3.05, 3.63) is 0 Å². The summed E-state index contributed by atoms with van der Waals surface area (Å²) in [5, 5.41) is 14.4. The molecule has 1 aliphatic rings. The van der Waals surface area contributed by atoms with Gasteiger partial charge >= 0.3 is 0 Å². The third-order valence-corrected chi connectivity index (χ3v) is 2.93. The van der Waals surface area contributed by atoms with E-state index in [-0.39, 0.29) is 0 Å². The molecule has 7 nitrogen and oxygen atoms in total. The van der Waals surface area contributed by atoms with Crippen molar-refractivity contribution in [2.45, 2.75) is 0 Å². The highest BCUT2D eigenvalue weighted by Crippen LogP contribution is 1.99. The van der Waals surface area contributed by atoms with E-state index in [1.54, 1.807) is 4.68 Å². The lowest BCUT2D eigenvalue weighted by molar-refractivity contribution is 0.158. The number of hydrogen-bond acceptors (Lipinski definition) is 6. The van der Waals surface area contributed by atoms with Crippen LogP contribution >= 0.6 is 0 Å². The first-order valence-electron chi connectivity index (χ1n) is 5.63. The molecule has 7 heteroatoms. The molecule has 1 aliphatic heterocycles. The number of nitrogens with one attached hydrogen (secondary N) is 1. The van der Waals surface area contributed by atoms with Crippen molar-refractivity contribution in [1.82, 2.24) is 30.0 Å². The molecule has 1 aromatic heterocycles. The summed E-state index contributed by atoms with van der Waals surface area (Å²) in [6.45, 7) is 6.54. The highest BCUT2D eigenvalue weighted by Gasteiger charge is 2.13. The Hall–Kier alpha value is -1.21. The van der Waals surface area contributed by atoms with Gasteiger partial charge in [-0.25, -0.2) is 4.68 Å². The number of nitrogens with zero attached hydrogens (tertiary/aromatic N) is 6. The number of anilines is 1. The molecule has 0 amide bonds. The first-order chi connectivity index (χ1) is 7.75. The Morgan fingerprint density at radius 2 is 1.94 bits per heavy atom. The van der Waals surface area contributed by atoms with Gasteiger partial charge in [-0.2, -0.15) is 0 Å². The van der Waals surface area contributed by atoms with E-state index in [2.05, 4.69) is 37.7 Å². The molecule has 1 fully saturated rings. The summed E-state index contributed by atoms with van der Waals surface area (Å²) < 4.78 is 1.64. The molecule has 16 heavy (non-hydrogen) atoms. The van der Waals surface area contributed by atoms with Crippen LogP contribution in [0.25, 0.3) is 0 Å². The lowest BCUT2D eigenvalue weighted by atomic mass is 10.3. The third kappa shape index (κ3) is 2.89. The topological polar surface area (TPSA) is 62.1 Å². The Bertz CT molecular complexity index is 315. The van der Waals surface area contributed by atoms with Gasteiger partial charge in [0.2, 0.25) is 5.95 Å². The number of aryl methyl sites for hydroxylation is 1. The number of hydrogen-bond donors (Lipinski definition) is 1. The number of rotatable bonds is 4. The highest BCUT2D eigenvalue weighted by molar-refractivity contribution is 5.20. The van der Waals surface area contributed by atoms with Gasteiger partial charge in [0.1, 0.15) is 0 Å². The SMILES string of the molecule is CN1CCN(CCNc2nnnn2C)CC1. The Balaban J connectivity index is 1.67. The Morgan fingerprint density at radius 1 is 1.19 bits per heavy atom. The fraction of sp³-hybridized carbons (Fsp3) is 0.889. The fourth-order valence-corrected chi connectivity index (χ4v) is 1.78. The summed E-state index contributed by atoms with van der Waals surface area (Å²) in [6, 6.07) is 0. The van der Waals surface area contributed by atoms with E-state index in [0.29, 0.717) is 0 Å². The summed E-state index contributed by atoms with van der Waals surface area (Å²) >= 11 is 0. The minimum atomic E-state index is 0.731. The molecule has 1 saturated heterocycles. The van der Waals surface area contributed by atoms with Gasteiger partial charge in [-0.1, -0.05) is 5.10 Å². The van der Waals surface area contributed by atoms with Crippen LogP contribution in [-0.2, 0) is 7.05 Å². The van der Waals surface area contributed by atoms with E-state index in [0.717, 1.165) is 45.2 Å². The van der Waals surface area contributed by atoms with E-state index in [1.165, 1.54) is 0 Å². The molecule has 0 saturated carbocycles. The molecule has 0 spiro atoms. The van der Waals surface area contributed by atoms with Crippen LogP contribution in [-0.4, -0.2) is 76.3 Å². The highest BCUT2D eigenvalue weighted by atomic mass is 15.6. The van der Waals surface area contributed by atoms with Crippen LogP contribution in [0.2, 0.25) is 0 Å². The first-order valence-corrected chi connectivity index (χ1v) is 5.63. The zero-order valence-electron chi connectivity index (χ0n) is 9.93. The van der Waals surface area contributed by atoms with Gasteiger partial charge in [-0.15, -0.1) is 0 Å². The lowest BCUT2D eigenvalue weighted by Crippen LogP contribution is -2.45. The van der Waals surface area contributed by atoms with Crippen molar-refractivity contribution in [3.8, 4) is 0 Å². The van der Waals surface area contributed by atoms with Gasteiger partial charge in [-0.3, -0.25) is 4.90 Å². The van der Waals surface area contributed by atoms with Crippen LogP contribution in [0.5, 0.6) is 0 Å². The number of likely N-dealkylation sites (N-methyl/N-ethyl adjacent to an activating group) is 1. The van der Waals surface area contributed by atoms with Gasteiger partial charge in [0, 0.05) is 46.3 Å². The third-order valence-electron chi connectivity index (χ3n) is 2.93. The van der Waals surface area contributed by atoms with Crippen molar-refractivity contribution in [2.75, 3.05) is 51.6 Å². The number of piperazine rings is 1. The Labute approximate surface area is 95.4 Å². The normalized spacial score (nSPS) is 18.9. The second kappa shape index (κ2) is 5.22. The molecule has 0 aliphatic carbocycles. The molecule has 1 aromatic rings. The van der Waals surface area contributed by atoms with Crippen molar-refractivity contribution >= 4 is 5.95 Å². The van der Waals surface area contributed by atoms with Crippen molar-refractivity contribution in [3.63, 3.8) is 0 Å². The molecule has 0 aromatic carbocycles. The van der Waals surface area contributed by atoms with E-state index in [9.17, 15) is 0 Å². The minimum Gasteiger partial charge on any atom is -0.352 e. The molecule has 2 heterocycles. The molecule has 2 rings (SSSR count). The maximum Gasteiger partial charge on any atom is 0.242 e. The summed E-state index contributed by atoms with van der Waals surface area (Å²) in [4.78, 5) is 4.81. The second-order valence-corrected chi connectivity index (χ2v) is 4.20. The van der Waals surface area contributed by atoms with Crippen LogP contribution in [0.3, 0.4) is 0 Å². The molecular formula is C9H19N7. The predicted octanol–water partition coefficient (Wildman–Crippen LogP) is -1.13. The van der Waals surface area contributed by atoms with Gasteiger partial charge in [0.25, 0.3) is 0 Å². The monoisotopic (exact) mass is 225 g/mol. The van der Waals surface area contributed by atoms with Crippen LogP contribution in [0.1, 0.15) is 0 Å². The van der Waals surface area contributed by atoms with Crippen LogP contribution in [0.15, 0.2) is 0 Å². The van der Waals surface area contributed by atoms with E-state index in [4.69, 9.17) is 0 Å². The largest absolute Gasteiger partial charge is 0.352 e. The molecule has 90 valence electrons. The first kappa shape index (κ1) is 11.3. The average Bonchev–Trinajstić information content (AvgIpc) is 2.68. The zero-order chi connectivity index (χ0) is 11.4. The Morgan fingerprint density at radius 3 is 2.56 bits per heavy atom. The summed E-state index contributed by atoms with van der Waals surface area (Å²) in [6.07, 6.45) is 0. The standard InChI is InChI=1S/C9H19N7/c1-14-5-7-16(8-6-14)4-3-10-9-11-12-13-15(9)2/h3-8H2,1-2H3,(H,10,11,13). The van der Waals surface area contributed by atoms with Gasteiger partial charge in [0.15, 0.2) is 0 Å². The van der Waals surface area contributed by atoms with Crippen molar-refractivity contribution < 1.29 is 0 Å². The summed E-state index contributed by atoms with van der Waals surface area (Å²) in [5.74, 6) is 0.731. The van der Waals surface area contributed by atoms with E-state index >= 15 is 0 Å². The summed E-state index contributed by atoms with van der Waals surface area (Å²) in [5.41, 5.74) is 0. The van der Waals surface area contributed by atoms with Crippen molar-refractivity contribution in [2.24, 2.45) is 7.05 Å². The zero-order valence-corrected chi connectivity index (χ0v) is 9.93. The molecule has 0 radical (unpaired) electrons. The second-order valence-electron chi connectivity index (χ2n) is 4.20. The van der Waals surface area contributed by atoms with Crippen LogP contribution in [0.4, 0.5) is 5.95 Å². The van der Waals surface area contributed by atoms with E-state index in [1.807, 2.05) is 7.05 Å². The average molecular weight is 225 g/mol. The van der Waals surface area contributed by atoms with Gasteiger partial charge in [0.05, 0.1) is 0 Å². The molecular weight excluding hydrogens is 206 g/mol. The number of tetrazole rings is 1. The van der Waals surface area contributed by atoms with Gasteiger partial charge < -0.3 is 10.2 Å². The number of aromatic nitrogens is 4. The van der Waals surface area contributed by atoms with E-state index < -0.39 is 0 Å².